The van der Waals surface area contributed by atoms with Gasteiger partial charge in [0.25, 0.3) is 5.91 Å². The van der Waals surface area contributed by atoms with Gasteiger partial charge in [0.2, 0.25) is 0 Å². The number of ether oxygens (including phenoxy) is 1. The van der Waals surface area contributed by atoms with Gasteiger partial charge >= 0.3 is 5.97 Å². The van der Waals surface area contributed by atoms with E-state index in [1.165, 1.54) is 6.20 Å². The molecule has 0 spiro atoms. The van der Waals surface area contributed by atoms with E-state index in [-0.39, 0.29) is 17.9 Å². The highest BCUT2D eigenvalue weighted by Gasteiger charge is 2.28. The average molecular weight is 330 g/mol. The Hall–Kier alpha value is -2.57. The summed E-state index contributed by atoms with van der Waals surface area (Å²) in [6, 6.07) is 2.07. The number of hydrogen-bond acceptors (Lipinski definition) is 5. The summed E-state index contributed by atoms with van der Waals surface area (Å²) in [6.45, 7) is 2.24. The lowest BCUT2D eigenvalue weighted by Crippen LogP contribution is -2.31. The van der Waals surface area contributed by atoms with Gasteiger partial charge in [-0.1, -0.05) is 0 Å². The van der Waals surface area contributed by atoms with Crippen LogP contribution in [-0.4, -0.2) is 34.5 Å². The van der Waals surface area contributed by atoms with Crippen molar-refractivity contribution in [2.24, 2.45) is 11.7 Å². The summed E-state index contributed by atoms with van der Waals surface area (Å²) in [6.07, 6.45) is 6.53. The monoisotopic (exact) mass is 330 g/mol. The second-order valence-corrected chi connectivity index (χ2v) is 6.10. The number of esters is 1. The maximum atomic E-state index is 11.8. The normalized spacial score (nSPS) is 20.7. The summed E-state index contributed by atoms with van der Waals surface area (Å²) in [5, 5.41) is 4.28. The lowest BCUT2D eigenvalue weighted by atomic mass is 9.86. The fourth-order valence-corrected chi connectivity index (χ4v) is 3.29. The Morgan fingerprint density at radius 2 is 2.12 bits per heavy atom. The lowest BCUT2D eigenvalue weighted by molar-refractivity contribution is -0.149. The number of primary amides is 1. The van der Waals surface area contributed by atoms with E-state index in [1.54, 1.807) is 6.20 Å². The molecule has 1 fully saturated rings. The smallest absolute Gasteiger partial charge is 0.308 e. The van der Waals surface area contributed by atoms with Crippen molar-refractivity contribution >= 4 is 28.6 Å². The van der Waals surface area contributed by atoms with Crippen LogP contribution in [0.1, 0.15) is 43.0 Å². The molecule has 3 rings (SSSR count). The summed E-state index contributed by atoms with van der Waals surface area (Å²) in [5.74, 6) is -0.637. The van der Waals surface area contributed by atoms with Gasteiger partial charge in [-0.15, -0.1) is 0 Å². The zero-order valence-electron chi connectivity index (χ0n) is 13.7. The van der Waals surface area contributed by atoms with Crippen LogP contribution in [0.15, 0.2) is 18.5 Å². The van der Waals surface area contributed by atoms with E-state index in [9.17, 15) is 9.59 Å². The first-order valence-electron chi connectivity index (χ1n) is 8.29. The molecule has 24 heavy (non-hydrogen) atoms. The predicted octanol–water partition coefficient (Wildman–Crippen LogP) is 2.20. The molecule has 4 N–H and O–H groups in total. The highest BCUT2D eigenvalue weighted by atomic mass is 16.5. The Morgan fingerprint density at radius 1 is 1.38 bits per heavy atom. The molecule has 1 saturated carbocycles. The van der Waals surface area contributed by atoms with Gasteiger partial charge in [0.1, 0.15) is 5.65 Å². The van der Waals surface area contributed by atoms with Gasteiger partial charge in [0.05, 0.1) is 23.8 Å². The molecule has 2 aromatic heterocycles. The minimum absolute atomic E-state index is 0.0247. The molecule has 0 saturated heterocycles. The summed E-state index contributed by atoms with van der Waals surface area (Å²) in [4.78, 5) is 30.8. The second-order valence-electron chi connectivity index (χ2n) is 6.10. The second kappa shape index (κ2) is 6.90. The van der Waals surface area contributed by atoms with E-state index in [2.05, 4.69) is 15.3 Å². The highest BCUT2D eigenvalue weighted by molar-refractivity contribution is 6.05. The molecule has 7 heteroatoms. The van der Waals surface area contributed by atoms with Crippen LogP contribution in [-0.2, 0) is 9.53 Å². The van der Waals surface area contributed by atoms with Crippen LogP contribution in [0.2, 0.25) is 0 Å². The molecule has 1 aliphatic rings. The molecule has 1 amide bonds. The first-order valence-corrected chi connectivity index (χ1v) is 8.29. The number of H-pyrrole nitrogens is 1. The van der Waals surface area contributed by atoms with Crippen molar-refractivity contribution in [1.29, 1.82) is 0 Å². The molecule has 7 nitrogen and oxygen atoms in total. The Morgan fingerprint density at radius 3 is 2.79 bits per heavy atom. The number of nitrogens with one attached hydrogen (secondary N) is 2. The lowest BCUT2D eigenvalue weighted by Gasteiger charge is -2.29. The van der Waals surface area contributed by atoms with Crippen molar-refractivity contribution in [3.05, 3.63) is 24.0 Å². The van der Waals surface area contributed by atoms with Crippen LogP contribution in [0, 0.1) is 5.92 Å². The summed E-state index contributed by atoms with van der Waals surface area (Å²) >= 11 is 0. The Labute approximate surface area is 140 Å². The van der Waals surface area contributed by atoms with Gasteiger partial charge < -0.3 is 20.8 Å². The molecule has 0 unspecified atom stereocenters. The van der Waals surface area contributed by atoms with E-state index in [4.69, 9.17) is 10.5 Å². The Kier molecular flexibility index (Phi) is 4.69. The van der Waals surface area contributed by atoms with Gasteiger partial charge in [-0.2, -0.15) is 0 Å². The van der Waals surface area contributed by atoms with Gasteiger partial charge in [-0.3, -0.25) is 9.59 Å². The van der Waals surface area contributed by atoms with Crippen molar-refractivity contribution in [3.63, 3.8) is 0 Å². The molecule has 0 bridgehead atoms. The minimum atomic E-state index is -0.506. The van der Waals surface area contributed by atoms with Crippen LogP contribution in [0.4, 0.5) is 5.69 Å². The van der Waals surface area contributed by atoms with E-state index in [1.807, 2.05) is 13.0 Å². The van der Waals surface area contributed by atoms with Gasteiger partial charge in [-0.05, 0) is 38.7 Å². The third-order valence-corrected chi connectivity index (χ3v) is 4.55. The molecule has 2 aromatic rings. The van der Waals surface area contributed by atoms with E-state index in [0.717, 1.165) is 31.1 Å². The number of carbonyl (C=O) groups excluding carboxylic acids is 2. The molecular formula is C17H22N4O3. The molecule has 0 aromatic carbocycles. The number of aromatic amines is 1. The number of hydrogen-bond donors (Lipinski definition) is 3. The highest BCUT2D eigenvalue weighted by Crippen LogP contribution is 2.31. The van der Waals surface area contributed by atoms with Crippen LogP contribution in [0.25, 0.3) is 11.0 Å². The average Bonchev–Trinajstić information content (AvgIpc) is 3.05. The van der Waals surface area contributed by atoms with Gasteiger partial charge in [0.15, 0.2) is 0 Å². The standard InChI is InChI=1S/C17H22N4O3/c1-2-24-17(23)10-3-5-11(6-4-10)21-14-12-7-8-19-16(12)20-9-13(14)15(18)22/h7-11H,2-6H2,1H3,(H2,18,22)(H2,19,20,21)/t10-,11+. The third-order valence-electron chi connectivity index (χ3n) is 4.55. The van der Waals surface area contributed by atoms with Crippen molar-refractivity contribution in [3.8, 4) is 0 Å². The first-order chi connectivity index (χ1) is 11.6. The third kappa shape index (κ3) is 3.20. The van der Waals surface area contributed by atoms with E-state index in [0.29, 0.717) is 23.5 Å². The van der Waals surface area contributed by atoms with Crippen molar-refractivity contribution in [2.75, 3.05) is 11.9 Å². The van der Waals surface area contributed by atoms with Crippen molar-refractivity contribution in [2.45, 2.75) is 38.6 Å². The van der Waals surface area contributed by atoms with Crippen LogP contribution in [0.3, 0.4) is 0 Å². The fraction of sp³-hybridized carbons (Fsp3) is 0.471. The molecule has 2 heterocycles. The summed E-state index contributed by atoms with van der Waals surface area (Å²) in [7, 11) is 0. The maximum absolute atomic E-state index is 11.8. The summed E-state index contributed by atoms with van der Waals surface area (Å²) in [5.41, 5.74) is 7.30. The Bertz CT molecular complexity index is 747. The maximum Gasteiger partial charge on any atom is 0.308 e. The Balaban J connectivity index is 1.74. The number of rotatable bonds is 5. The fourth-order valence-electron chi connectivity index (χ4n) is 3.29. The number of anilines is 1. The van der Waals surface area contributed by atoms with Crippen molar-refractivity contribution in [1.82, 2.24) is 9.97 Å². The summed E-state index contributed by atoms with van der Waals surface area (Å²) < 4.78 is 5.10. The number of amides is 1. The number of nitrogens with zero attached hydrogens (tertiary/aromatic N) is 1. The number of pyridine rings is 1. The zero-order chi connectivity index (χ0) is 17.1. The van der Waals surface area contributed by atoms with E-state index >= 15 is 0 Å². The quantitative estimate of drug-likeness (QED) is 0.728. The minimum Gasteiger partial charge on any atom is -0.466 e. The SMILES string of the molecule is CCOC(=O)[C@H]1CC[C@@H](Nc2c(C(N)=O)cnc3[nH]ccc23)CC1. The molecule has 128 valence electrons. The number of fused-ring (bicyclic) bond motifs is 1. The molecular weight excluding hydrogens is 308 g/mol. The zero-order valence-corrected chi connectivity index (χ0v) is 13.7. The first kappa shape index (κ1) is 16.3. The van der Waals surface area contributed by atoms with E-state index < -0.39 is 5.91 Å². The topological polar surface area (TPSA) is 110 Å². The number of nitrogens with two attached hydrogens (primary N) is 1. The molecule has 0 atom stereocenters. The van der Waals surface area contributed by atoms with Crippen molar-refractivity contribution < 1.29 is 14.3 Å². The van der Waals surface area contributed by atoms with Gasteiger partial charge in [-0.25, -0.2) is 4.98 Å². The number of carbonyl (C=O) groups is 2. The van der Waals surface area contributed by atoms with Gasteiger partial charge in [0, 0.05) is 23.8 Å². The number of aromatic nitrogens is 2. The molecule has 0 radical (unpaired) electrons. The van der Waals surface area contributed by atoms with Crippen LogP contribution < -0.4 is 11.1 Å². The molecule has 0 aliphatic heterocycles. The van der Waals surface area contributed by atoms with Crippen LogP contribution >= 0.6 is 0 Å². The largest absolute Gasteiger partial charge is 0.466 e. The predicted molar refractivity (Wildman–Crippen MR) is 90.6 cm³/mol. The van der Waals surface area contributed by atoms with Crippen LogP contribution in [0.5, 0.6) is 0 Å². The molecule has 1 aliphatic carbocycles.